The fraction of sp³-hybridized carbons (Fsp3) is 0.688. The highest BCUT2D eigenvalue weighted by atomic mass is 15.3. The van der Waals surface area contributed by atoms with Crippen LogP contribution in [0.2, 0.25) is 0 Å². The Morgan fingerprint density at radius 3 is 2.50 bits per heavy atom. The first-order valence-corrected chi connectivity index (χ1v) is 7.86. The molecule has 2 aliphatic heterocycles. The fourth-order valence-corrected chi connectivity index (χ4v) is 3.28. The molecular formula is C16H26N4. The minimum atomic E-state index is 0.680. The summed E-state index contributed by atoms with van der Waals surface area (Å²) in [4.78, 5) is 9.77. The largest absolute Gasteiger partial charge is 0.354 e. The fourth-order valence-electron chi connectivity index (χ4n) is 3.28. The van der Waals surface area contributed by atoms with Crippen LogP contribution in [0.3, 0.4) is 0 Å². The average molecular weight is 274 g/mol. The van der Waals surface area contributed by atoms with Crippen LogP contribution in [0.25, 0.3) is 0 Å². The van der Waals surface area contributed by atoms with Gasteiger partial charge in [0, 0.05) is 31.9 Å². The highest BCUT2D eigenvalue weighted by Crippen LogP contribution is 2.32. The van der Waals surface area contributed by atoms with Crippen molar-refractivity contribution in [1.29, 1.82) is 0 Å². The number of likely N-dealkylation sites (N-methyl/N-ethyl adjacent to an activating group) is 1. The molecular weight excluding hydrogens is 248 g/mol. The third-order valence-corrected chi connectivity index (χ3v) is 4.63. The third kappa shape index (κ3) is 2.96. The quantitative estimate of drug-likeness (QED) is 0.888. The number of aryl methyl sites for hydroxylation is 1. The maximum atomic E-state index is 4.88. The van der Waals surface area contributed by atoms with Crippen molar-refractivity contribution in [3.8, 4) is 0 Å². The van der Waals surface area contributed by atoms with Gasteiger partial charge in [0.05, 0.1) is 0 Å². The van der Waals surface area contributed by atoms with E-state index in [4.69, 9.17) is 4.98 Å². The zero-order chi connectivity index (χ0) is 13.9. The number of aromatic nitrogens is 1. The lowest BCUT2D eigenvalue weighted by atomic mass is 9.90. The normalized spacial score (nSPS) is 22.2. The van der Waals surface area contributed by atoms with E-state index < -0.39 is 0 Å². The summed E-state index contributed by atoms with van der Waals surface area (Å²) in [5.41, 5.74) is 2.61. The van der Waals surface area contributed by atoms with Gasteiger partial charge in [0.25, 0.3) is 0 Å². The number of anilines is 1. The molecule has 20 heavy (non-hydrogen) atoms. The molecule has 0 spiro atoms. The number of rotatable bonds is 2. The van der Waals surface area contributed by atoms with E-state index in [1.165, 1.54) is 24.2 Å². The molecule has 0 radical (unpaired) electrons. The maximum Gasteiger partial charge on any atom is 0.132 e. The summed E-state index contributed by atoms with van der Waals surface area (Å²) in [6.45, 7) is 8.87. The van der Waals surface area contributed by atoms with E-state index in [-0.39, 0.29) is 0 Å². The first kappa shape index (κ1) is 13.8. The summed E-state index contributed by atoms with van der Waals surface area (Å²) in [5, 5.41) is 3.46. The zero-order valence-corrected chi connectivity index (χ0v) is 12.7. The van der Waals surface area contributed by atoms with Gasteiger partial charge in [0.15, 0.2) is 0 Å². The van der Waals surface area contributed by atoms with Gasteiger partial charge in [-0.05, 0) is 57.5 Å². The Balaban J connectivity index is 1.85. The molecule has 0 atom stereocenters. The molecule has 3 heterocycles. The Hall–Kier alpha value is -1.13. The molecule has 2 saturated heterocycles. The molecule has 110 valence electrons. The number of piperidine rings is 1. The van der Waals surface area contributed by atoms with E-state index in [9.17, 15) is 0 Å². The molecule has 4 heteroatoms. The predicted molar refractivity (Wildman–Crippen MR) is 83.5 cm³/mol. The van der Waals surface area contributed by atoms with Gasteiger partial charge < -0.3 is 15.1 Å². The number of nitrogens with one attached hydrogen (secondary N) is 1. The van der Waals surface area contributed by atoms with E-state index in [2.05, 4.69) is 41.2 Å². The van der Waals surface area contributed by atoms with Crippen molar-refractivity contribution >= 4 is 5.82 Å². The Bertz CT molecular complexity index is 446. The van der Waals surface area contributed by atoms with Crippen LogP contribution < -0.4 is 10.2 Å². The number of hydrogen-bond acceptors (Lipinski definition) is 4. The molecule has 0 unspecified atom stereocenters. The molecule has 0 aromatic carbocycles. The third-order valence-electron chi connectivity index (χ3n) is 4.63. The van der Waals surface area contributed by atoms with Crippen LogP contribution in [-0.2, 0) is 0 Å². The topological polar surface area (TPSA) is 31.4 Å². The van der Waals surface area contributed by atoms with Crippen molar-refractivity contribution in [3.63, 3.8) is 0 Å². The lowest BCUT2D eigenvalue weighted by Crippen LogP contribution is -2.45. The molecule has 4 nitrogen and oxygen atoms in total. The van der Waals surface area contributed by atoms with Crippen LogP contribution in [0.1, 0.15) is 30.0 Å². The van der Waals surface area contributed by atoms with Crippen molar-refractivity contribution in [2.75, 3.05) is 51.2 Å². The molecule has 1 N–H and O–H groups in total. The lowest BCUT2D eigenvalue weighted by molar-refractivity contribution is 0.311. The van der Waals surface area contributed by atoms with Gasteiger partial charge in [-0.3, -0.25) is 0 Å². The predicted octanol–water partition coefficient (Wildman–Crippen LogP) is 1.61. The van der Waals surface area contributed by atoms with Gasteiger partial charge in [-0.25, -0.2) is 4.98 Å². The summed E-state index contributed by atoms with van der Waals surface area (Å²) in [5.74, 6) is 1.93. The highest BCUT2D eigenvalue weighted by Gasteiger charge is 2.24. The van der Waals surface area contributed by atoms with Crippen molar-refractivity contribution in [2.45, 2.75) is 25.7 Å². The van der Waals surface area contributed by atoms with Crippen LogP contribution in [0, 0.1) is 6.92 Å². The first-order chi connectivity index (χ1) is 9.74. The summed E-state index contributed by atoms with van der Waals surface area (Å²) in [7, 11) is 2.20. The molecule has 3 rings (SSSR count). The summed E-state index contributed by atoms with van der Waals surface area (Å²) in [6.07, 6.45) is 2.48. The smallest absolute Gasteiger partial charge is 0.132 e. The van der Waals surface area contributed by atoms with Crippen molar-refractivity contribution < 1.29 is 0 Å². The second kappa shape index (κ2) is 6.10. The van der Waals surface area contributed by atoms with Gasteiger partial charge in [-0.1, -0.05) is 6.07 Å². The minimum Gasteiger partial charge on any atom is -0.354 e. The summed E-state index contributed by atoms with van der Waals surface area (Å²) < 4.78 is 0. The van der Waals surface area contributed by atoms with Crippen molar-refractivity contribution in [3.05, 3.63) is 23.4 Å². The molecule has 0 amide bonds. The lowest BCUT2D eigenvalue weighted by Gasteiger charge is -2.36. The molecule has 1 aromatic heterocycles. The zero-order valence-electron chi connectivity index (χ0n) is 12.7. The Morgan fingerprint density at radius 2 is 1.80 bits per heavy atom. The summed E-state index contributed by atoms with van der Waals surface area (Å²) >= 11 is 0. The van der Waals surface area contributed by atoms with Gasteiger partial charge in [-0.2, -0.15) is 0 Å². The van der Waals surface area contributed by atoms with Crippen LogP contribution in [0.15, 0.2) is 12.1 Å². The molecule has 2 fully saturated rings. The minimum absolute atomic E-state index is 0.680. The van der Waals surface area contributed by atoms with E-state index in [1.807, 2.05) is 0 Å². The van der Waals surface area contributed by atoms with Crippen molar-refractivity contribution in [2.24, 2.45) is 0 Å². The van der Waals surface area contributed by atoms with E-state index in [0.29, 0.717) is 5.92 Å². The highest BCUT2D eigenvalue weighted by molar-refractivity contribution is 5.50. The number of pyridine rings is 1. The van der Waals surface area contributed by atoms with Crippen molar-refractivity contribution in [1.82, 2.24) is 15.2 Å². The first-order valence-electron chi connectivity index (χ1n) is 7.86. The van der Waals surface area contributed by atoms with E-state index >= 15 is 0 Å². The molecule has 1 aromatic rings. The second-order valence-corrected chi connectivity index (χ2v) is 6.18. The number of piperazine rings is 1. The van der Waals surface area contributed by atoms with E-state index in [0.717, 1.165) is 45.0 Å². The Kier molecular flexibility index (Phi) is 4.22. The van der Waals surface area contributed by atoms with Gasteiger partial charge in [0.1, 0.15) is 5.82 Å². The van der Waals surface area contributed by atoms with Gasteiger partial charge >= 0.3 is 0 Å². The van der Waals surface area contributed by atoms with Crippen LogP contribution >= 0.6 is 0 Å². The Labute approximate surface area is 122 Å². The molecule has 0 aliphatic carbocycles. The Morgan fingerprint density at radius 1 is 1.10 bits per heavy atom. The molecule has 2 aliphatic rings. The van der Waals surface area contributed by atoms with Crippen LogP contribution in [0.4, 0.5) is 5.82 Å². The standard InChI is InChI=1S/C16H26N4/c1-13-3-4-15(14-5-7-17-8-6-14)16(18-13)20-11-9-19(2)10-12-20/h3-4,14,17H,5-12H2,1-2H3. The van der Waals surface area contributed by atoms with Crippen LogP contribution in [0.5, 0.6) is 0 Å². The summed E-state index contributed by atoms with van der Waals surface area (Å²) in [6, 6.07) is 4.50. The molecule has 0 saturated carbocycles. The maximum absolute atomic E-state index is 4.88. The van der Waals surface area contributed by atoms with Crippen LogP contribution in [-0.4, -0.2) is 56.2 Å². The van der Waals surface area contributed by atoms with Gasteiger partial charge in [0.2, 0.25) is 0 Å². The average Bonchev–Trinajstić information content (AvgIpc) is 2.49. The molecule has 0 bridgehead atoms. The SMILES string of the molecule is Cc1ccc(C2CCNCC2)c(N2CCN(C)CC2)n1. The second-order valence-electron chi connectivity index (χ2n) is 6.18. The number of hydrogen-bond donors (Lipinski definition) is 1. The van der Waals surface area contributed by atoms with E-state index in [1.54, 1.807) is 0 Å². The van der Waals surface area contributed by atoms with Gasteiger partial charge in [-0.15, -0.1) is 0 Å². The number of nitrogens with zero attached hydrogens (tertiary/aromatic N) is 3. The monoisotopic (exact) mass is 274 g/mol.